The van der Waals surface area contributed by atoms with Crippen LogP contribution in [0.2, 0.25) is 0 Å². The molecule has 0 aliphatic carbocycles. The molecule has 3 saturated heterocycles. The van der Waals surface area contributed by atoms with E-state index in [1.54, 1.807) is 0 Å². The van der Waals surface area contributed by atoms with E-state index in [9.17, 15) is 0 Å². The van der Waals surface area contributed by atoms with E-state index in [0.717, 1.165) is 24.2 Å². The minimum absolute atomic E-state index is 0.788. The predicted molar refractivity (Wildman–Crippen MR) is 71.2 cm³/mol. The molecule has 0 amide bonds. The number of rotatable bonds is 2. The van der Waals surface area contributed by atoms with Crippen molar-refractivity contribution >= 4 is 0 Å². The van der Waals surface area contributed by atoms with Crippen molar-refractivity contribution < 1.29 is 0 Å². The summed E-state index contributed by atoms with van der Waals surface area (Å²) in [6, 6.07) is 3.38. The molecule has 0 aromatic rings. The summed E-state index contributed by atoms with van der Waals surface area (Å²) < 4.78 is 0. The molecule has 0 radical (unpaired) electrons. The fourth-order valence-corrected chi connectivity index (χ4v) is 4.19. The van der Waals surface area contributed by atoms with Crippen LogP contribution in [0.5, 0.6) is 0 Å². The van der Waals surface area contributed by atoms with Gasteiger partial charge in [0.25, 0.3) is 0 Å². The van der Waals surface area contributed by atoms with Crippen molar-refractivity contribution in [2.45, 2.75) is 62.7 Å². The van der Waals surface area contributed by atoms with Crippen LogP contribution in [0.25, 0.3) is 0 Å². The van der Waals surface area contributed by atoms with Gasteiger partial charge in [0, 0.05) is 30.7 Å². The normalized spacial score (nSPS) is 43.2. The molecular formula is C14H27N3. The van der Waals surface area contributed by atoms with Gasteiger partial charge < -0.3 is 10.2 Å². The molecule has 3 aliphatic heterocycles. The molecule has 3 rings (SSSR count). The molecule has 3 aliphatic rings. The van der Waals surface area contributed by atoms with Gasteiger partial charge in [-0.3, -0.25) is 4.90 Å². The highest BCUT2D eigenvalue weighted by Crippen LogP contribution is 2.36. The number of fused-ring (bicyclic) bond motifs is 2. The Kier molecular flexibility index (Phi) is 3.42. The number of piperidine rings is 2. The van der Waals surface area contributed by atoms with Crippen LogP contribution in [0, 0.1) is 0 Å². The van der Waals surface area contributed by atoms with Crippen LogP contribution in [0.15, 0.2) is 0 Å². The summed E-state index contributed by atoms with van der Waals surface area (Å²) in [6.45, 7) is 2.43. The van der Waals surface area contributed by atoms with Crippen LogP contribution in [0.4, 0.5) is 0 Å². The summed E-state index contributed by atoms with van der Waals surface area (Å²) in [7, 11) is 4.70. The lowest BCUT2D eigenvalue weighted by Gasteiger charge is -2.44. The lowest BCUT2D eigenvalue weighted by atomic mass is 9.94. The standard InChI is InChI=1S/C14H27N3/c1-16-11-5-6-12(16)9-14(8-11)17(2)13-4-3-7-15-10-13/h11-15H,3-10H2,1-2H3/t11-,12-,13+/m0/s1. The molecule has 2 bridgehead atoms. The minimum Gasteiger partial charge on any atom is -0.315 e. The summed E-state index contributed by atoms with van der Waals surface area (Å²) >= 11 is 0. The first-order chi connectivity index (χ1) is 8.25. The molecule has 98 valence electrons. The van der Waals surface area contributed by atoms with Crippen molar-refractivity contribution in [3.05, 3.63) is 0 Å². The summed E-state index contributed by atoms with van der Waals surface area (Å²) in [5.74, 6) is 0. The van der Waals surface area contributed by atoms with Crippen molar-refractivity contribution in [3.63, 3.8) is 0 Å². The Morgan fingerprint density at radius 3 is 2.35 bits per heavy atom. The van der Waals surface area contributed by atoms with Crippen LogP contribution in [0.3, 0.4) is 0 Å². The molecule has 0 unspecified atom stereocenters. The zero-order valence-corrected chi connectivity index (χ0v) is 11.4. The number of likely N-dealkylation sites (N-methyl/N-ethyl adjacent to an activating group) is 1. The highest BCUT2D eigenvalue weighted by molar-refractivity contribution is 4.97. The quantitative estimate of drug-likeness (QED) is 0.781. The molecule has 3 atom stereocenters. The molecule has 3 heteroatoms. The molecular weight excluding hydrogens is 210 g/mol. The molecule has 0 spiro atoms. The lowest BCUT2D eigenvalue weighted by Crippen LogP contribution is -2.53. The molecule has 0 aromatic carbocycles. The van der Waals surface area contributed by atoms with E-state index in [-0.39, 0.29) is 0 Å². The van der Waals surface area contributed by atoms with Crippen molar-refractivity contribution in [2.24, 2.45) is 0 Å². The van der Waals surface area contributed by atoms with Crippen LogP contribution >= 0.6 is 0 Å². The van der Waals surface area contributed by atoms with Gasteiger partial charge in [-0.05, 0) is 59.2 Å². The number of nitrogens with zero attached hydrogens (tertiary/aromatic N) is 2. The Bertz CT molecular complexity index is 248. The van der Waals surface area contributed by atoms with E-state index >= 15 is 0 Å². The van der Waals surface area contributed by atoms with E-state index in [0.29, 0.717) is 0 Å². The topological polar surface area (TPSA) is 18.5 Å². The van der Waals surface area contributed by atoms with Gasteiger partial charge in [-0.25, -0.2) is 0 Å². The summed E-state index contributed by atoms with van der Waals surface area (Å²) in [6.07, 6.45) is 8.43. The summed E-state index contributed by atoms with van der Waals surface area (Å²) in [5.41, 5.74) is 0. The second kappa shape index (κ2) is 4.87. The minimum atomic E-state index is 0.788. The van der Waals surface area contributed by atoms with E-state index in [4.69, 9.17) is 0 Å². The van der Waals surface area contributed by atoms with Crippen molar-refractivity contribution in [1.29, 1.82) is 0 Å². The number of hydrogen-bond acceptors (Lipinski definition) is 3. The third kappa shape index (κ3) is 2.25. The SMILES string of the molecule is CN(C1C[C@@H]2CC[C@@H](C1)N2C)[C@@H]1CCCNC1. The van der Waals surface area contributed by atoms with Gasteiger partial charge in [-0.1, -0.05) is 0 Å². The first-order valence-corrected chi connectivity index (χ1v) is 7.40. The van der Waals surface area contributed by atoms with Gasteiger partial charge >= 0.3 is 0 Å². The van der Waals surface area contributed by atoms with Crippen LogP contribution in [-0.2, 0) is 0 Å². The maximum atomic E-state index is 3.55. The molecule has 17 heavy (non-hydrogen) atoms. The number of hydrogen-bond donors (Lipinski definition) is 1. The van der Waals surface area contributed by atoms with Gasteiger partial charge in [-0.15, -0.1) is 0 Å². The Labute approximate surface area is 106 Å². The molecule has 0 saturated carbocycles. The van der Waals surface area contributed by atoms with Crippen LogP contribution in [-0.4, -0.2) is 61.2 Å². The van der Waals surface area contributed by atoms with Crippen molar-refractivity contribution in [2.75, 3.05) is 27.2 Å². The highest BCUT2D eigenvalue weighted by Gasteiger charge is 2.40. The third-order valence-electron chi connectivity index (χ3n) is 5.50. The van der Waals surface area contributed by atoms with Crippen molar-refractivity contribution in [1.82, 2.24) is 15.1 Å². The Hall–Kier alpha value is -0.120. The average molecular weight is 237 g/mol. The fourth-order valence-electron chi connectivity index (χ4n) is 4.19. The molecule has 3 heterocycles. The second-order valence-corrected chi connectivity index (χ2v) is 6.34. The average Bonchev–Trinajstić information content (AvgIpc) is 2.61. The summed E-state index contributed by atoms with van der Waals surface area (Å²) in [5, 5.41) is 3.55. The molecule has 1 N–H and O–H groups in total. The van der Waals surface area contributed by atoms with Crippen LogP contribution < -0.4 is 5.32 Å². The van der Waals surface area contributed by atoms with E-state index in [2.05, 4.69) is 29.2 Å². The third-order valence-corrected chi connectivity index (χ3v) is 5.50. The van der Waals surface area contributed by atoms with Gasteiger partial charge in [0.1, 0.15) is 0 Å². The highest BCUT2D eigenvalue weighted by atomic mass is 15.2. The van der Waals surface area contributed by atoms with Crippen LogP contribution in [0.1, 0.15) is 38.5 Å². The number of nitrogens with one attached hydrogen (secondary N) is 1. The zero-order valence-electron chi connectivity index (χ0n) is 11.4. The van der Waals surface area contributed by atoms with E-state index in [1.165, 1.54) is 51.6 Å². The lowest BCUT2D eigenvalue weighted by molar-refractivity contribution is 0.0587. The first-order valence-electron chi connectivity index (χ1n) is 7.40. The molecule has 3 fully saturated rings. The van der Waals surface area contributed by atoms with Crippen molar-refractivity contribution in [3.8, 4) is 0 Å². The Morgan fingerprint density at radius 2 is 1.76 bits per heavy atom. The maximum Gasteiger partial charge on any atom is 0.0221 e. The van der Waals surface area contributed by atoms with Gasteiger partial charge in [0.05, 0.1) is 0 Å². The largest absolute Gasteiger partial charge is 0.315 e. The monoisotopic (exact) mass is 237 g/mol. The predicted octanol–water partition coefficient (Wildman–Crippen LogP) is 1.30. The molecule has 0 aromatic heterocycles. The maximum absolute atomic E-state index is 3.55. The first kappa shape index (κ1) is 11.9. The molecule has 3 nitrogen and oxygen atoms in total. The Balaban J connectivity index is 1.61. The van der Waals surface area contributed by atoms with E-state index < -0.39 is 0 Å². The Morgan fingerprint density at radius 1 is 1.06 bits per heavy atom. The summed E-state index contributed by atoms with van der Waals surface area (Å²) in [4.78, 5) is 5.34. The van der Waals surface area contributed by atoms with Gasteiger partial charge in [0.2, 0.25) is 0 Å². The zero-order chi connectivity index (χ0) is 11.8. The van der Waals surface area contributed by atoms with E-state index in [1.807, 2.05) is 0 Å². The second-order valence-electron chi connectivity index (χ2n) is 6.34. The van der Waals surface area contributed by atoms with Gasteiger partial charge in [0.15, 0.2) is 0 Å². The fraction of sp³-hybridized carbons (Fsp3) is 1.00. The smallest absolute Gasteiger partial charge is 0.0221 e. The van der Waals surface area contributed by atoms with Gasteiger partial charge in [-0.2, -0.15) is 0 Å².